The molecule has 0 saturated heterocycles. The quantitative estimate of drug-likeness (QED) is 0.266. The molecule has 0 aromatic heterocycles. The second kappa shape index (κ2) is 15.2. The van der Waals surface area contributed by atoms with Gasteiger partial charge < -0.3 is 9.84 Å². The van der Waals surface area contributed by atoms with Crippen molar-refractivity contribution in [2.24, 2.45) is 11.8 Å². The first-order valence-corrected chi connectivity index (χ1v) is 11.8. The Kier molecular flexibility index (Phi) is 12.2. The summed E-state index contributed by atoms with van der Waals surface area (Å²) in [6.07, 6.45) is 18.1. The lowest BCUT2D eigenvalue weighted by Gasteiger charge is -2.13. The number of nitrogens with one attached hydrogen (secondary N) is 1. The average molecular weight is 440 g/mol. The predicted molar refractivity (Wildman–Crippen MR) is 129 cm³/mol. The van der Waals surface area contributed by atoms with Crippen molar-refractivity contribution in [3.8, 4) is 0 Å². The lowest BCUT2D eigenvalue weighted by Crippen LogP contribution is -2.14. The highest BCUT2D eigenvalue weighted by atomic mass is 16.5. The van der Waals surface area contributed by atoms with Crippen LogP contribution >= 0.6 is 0 Å². The van der Waals surface area contributed by atoms with Gasteiger partial charge in [0.1, 0.15) is 0 Å². The molecule has 3 atom stereocenters. The van der Waals surface area contributed by atoms with Crippen LogP contribution in [-0.4, -0.2) is 29.7 Å². The van der Waals surface area contributed by atoms with E-state index in [-0.39, 0.29) is 17.6 Å². The number of benzene rings is 1. The monoisotopic (exact) mass is 439 g/mol. The van der Waals surface area contributed by atoms with E-state index in [1.807, 2.05) is 48.6 Å². The minimum atomic E-state index is -0.437. The van der Waals surface area contributed by atoms with Crippen LogP contribution in [0.2, 0.25) is 0 Å². The topological polar surface area (TPSA) is 75.6 Å². The van der Waals surface area contributed by atoms with E-state index in [1.165, 1.54) is 0 Å². The number of unbranched alkanes of at least 4 members (excludes halogenated alkanes) is 4. The van der Waals surface area contributed by atoms with Crippen molar-refractivity contribution in [3.05, 3.63) is 66.8 Å². The van der Waals surface area contributed by atoms with Gasteiger partial charge in [0.05, 0.1) is 12.7 Å². The van der Waals surface area contributed by atoms with E-state index in [2.05, 4.69) is 24.4 Å². The summed E-state index contributed by atoms with van der Waals surface area (Å²) in [6.45, 7) is 2.53. The third-order valence-electron chi connectivity index (χ3n) is 5.55. The molecule has 5 nitrogen and oxygen atoms in total. The van der Waals surface area contributed by atoms with Gasteiger partial charge in [0.15, 0.2) is 5.78 Å². The highest BCUT2D eigenvalue weighted by Gasteiger charge is 2.27. The molecule has 1 aliphatic rings. The van der Waals surface area contributed by atoms with Crippen molar-refractivity contribution in [2.75, 3.05) is 11.9 Å². The standard InChI is InChI=1S/C27H37NO4/c1-2-3-8-15-24(29)19-17-22-18-20-26(30)25(22)16-11-5-4-6-12-21-32-27(31)28-23-13-9-7-10-14-23/h5,7,9-11,13-14,17-20,22,24-25,29H,2-4,6,8,12,15-16,21H2,1H3,(H,28,31)/b11-5-,19-17+/t22-,24-,25+/m0/s1. The molecule has 0 aliphatic heterocycles. The maximum atomic E-state index is 12.2. The van der Waals surface area contributed by atoms with Gasteiger partial charge >= 0.3 is 6.09 Å². The van der Waals surface area contributed by atoms with Gasteiger partial charge in [-0.2, -0.15) is 0 Å². The molecule has 2 rings (SSSR count). The zero-order valence-electron chi connectivity index (χ0n) is 19.1. The minimum absolute atomic E-state index is 0.0597. The number of ketones is 1. The number of anilines is 1. The zero-order chi connectivity index (χ0) is 23.0. The molecule has 174 valence electrons. The van der Waals surface area contributed by atoms with Crippen LogP contribution in [-0.2, 0) is 9.53 Å². The molecule has 0 saturated carbocycles. The van der Waals surface area contributed by atoms with Crippen molar-refractivity contribution in [1.29, 1.82) is 0 Å². The Hall–Kier alpha value is -2.66. The number of para-hydroxylation sites is 1. The highest BCUT2D eigenvalue weighted by Crippen LogP contribution is 2.27. The third kappa shape index (κ3) is 10.1. The molecule has 0 unspecified atom stereocenters. The molecule has 1 aromatic rings. The lowest BCUT2D eigenvalue weighted by molar-refractivity contribution is -0.117. The molecule has 5 heteroatoms. The van der Waals surface area contributed by atoms with Crippen molar-refractivity contribution in [3.63, 3.8) is 0 Å². The first-order chi connectivity index (χ1) is 15.6. The first-order valence-electron chi connectivity index (χ1n) is 11.8. The van der Waals surface area contributed by atoms with Crippen LogP contribution in [0.5, 0.6) is 0 Å². The van der Waals surface area contributed by atoms with Crippen LogP contribution in [0.25, 0.3) is 0 Å². The van der Waals surface area contributed by atoms with E-state index >= 15 is 0 Å². The summed E-state index contributed by atoms with van der Waals surface area (Å²) < 4.78 is 5.18. The summed E-state index contributed by atoms with van der Waals surface area (Å²) in [4.78, 5) is 23.9. The maximum Gasteiger partial charge on any atom is 0.411 e. The lowest BCUT2D eigenvalue weighted by atomic mass is 9.90. The van der Waals surface area contributed by atoms with Gasteiger partial charge in [-0.3, -0.25) is 10.1 Å². The number of allylic oxidation sites excluding steroid dienone is 5. The van der Waals surface area contributed by atoms with E-state index in [1.54, 1.807) is 6.08 Å². The number of hydrogen-bond donors (Lipinski definition) is 2. The zero-order valence-corrected chi connectivity index (χ0v) is 19.1. The van der Waals surface area contributed by atoms with Crippen LogP contribution in [0.1, 0.15) is 58.3 Å². The van der Waals surface area contributed by atoms with Gasteiger partial charge in [0.25, 0.3) is 0 Å². The summed E-state index contributed by atoms with van der Waals surface area (Å²) in [6, 6.07) is 9.22. The summed E-state index contributed by atoms with van der Waals surface area (Å²) in [7, 11) is 0. The summed E-state index contributed by atoms with van der Waals surface area (Å²) >= 11 is 0. The number of amides is 1. The largest absolute Gasteiger partial charge is 0.449 e. The second-order valence-electron chi connectivity index (χ2n) is 8.22. The number of carbonyl (C=O) groups excluding carboxylic acids is 2. The average Bonchev–Trinajstić information content (AvgIpc) is 3.14. The summed E-state index contributed by atoms with van der Waals surface area (Å²) in [5.74, 6) is 0.141. The number of aliphatic hydroxyl groups excluding tert-OH is 1. The SMILES string of the molecule is CCCCC[C@H](O)/C=C/[C@H]1C=CC(=O)[C@@H]1C/C=C\CCCCOC(=O)Nc1ccccc1. The number of rotatable bonds is 14. The Labute approximate surface area is 192 Å². The molecular formula is C27H37NO4. The van der Waals surface area contributed by atoms with Crippen LogP contribution in [0, 0.1) is 11.8 Å². The molecule has 1 aliphatic carbocycles. The van der Waals surface area contributed by atoms with E-state index in [0.29, 0.717) is 13.0 Å². The van der Waals surface area contributed by atoms with E-state index in [4.69, 9.17) is 4.74 Å². The molecular weight excluding hydrogens is 402 g/mol. The normalized spacial score (nSPS) is 19.1. The molecule has 0 spiro atoms. The minimum Gasteiger partial charge on any atom is -0.449 e. The fourth-order valence-electron chi connectivity index (χ4n) is 3.65. The van der Waals surface area contributed by atoms with Gasteiger partial charge in [0.2, 0.25) is 0 Å². The molecule has 0 heterocycles. The van der Waals surface area contributed by atoms with Gasteiger partial charge in [-0.25, -0.2) is 4.79 Å². The molecule has 0 radical (unpaired) electrons. The van der Waals surface area contributed by atoms with Crippen LogP contribution < -0.4 is 5.32 Å². The third-order valence-corrected chi connectivity index (χ3v) is 5.55. The van der Waals surface area contributed by atoms with Crippen LogP contribution in [0.3, 0.4) is 0 Å². The van der Waals surface area contributed by atoms with Crippen molar-refractivity contribution < 1.29 is 19.4 Å². The van der Waals surface area contributed by atoms with Crippen LogP contribution in [0.4, 0.5) is 10.5 Å². The Bertz CT molecular complexity index is 769. The van der Waals surface area contributed by atoms with Crippen molar-refractivity contribution >= 4 is 17.6 Å². The number of ether oxygens (including phenoxy) is 1. The van der Waals surface area contributed by atoms with Crippen molar-refractivity contribution in [2.45, 2.75) is 64.4 Å². The fraction of sp³-hybridized carbons (Fsp3) is 0.481. The Morgan fingerprint density at radius 2 is 1.97 bits per heavy atom. The van der Waals surface area contributed by atoms with Gasteiger partial charge in [-0.1, -0.05) is 74.8 Å². The second-order valence-corrected chi connectivity index (χ2v) is 8.22. The van der Waals surface area contributed by atoms with E-state index in [9.17, 15) is 14.7 Å². The van der Waals surface area contributed by atoms with Gasteiger partial charge in [-0.05, 0) is 50.3 Å². The van der Waals surface area contributed by atoms with Crippen molar-refractivity contribution in [1.82, 2.24) is 0 Å². The molecule has 32 heavy (non-hydrogen) atoms. The fourth-order valence-corrected chi connectivity index (χ4v) is 3.65. The Morgan fingerprint density at radius 3 is 2.75 bits per heavy atom. The Balaban J connectivity index is 1.59. The number of hydrogen-bond acceptors (Lipinski definition) is 4. The summed E-state index contributed by atoms with van der Waals surface area (Å²) in [5, 5.41) is 12.8. The number of aliphatic hydroxyl groups is 1. The number of carbonyl (C=O) groups is 2. The van der Waals surface area contributed by atoms with Gasteiger partial charge in [0, 0.05) is 17.5 Å². The van der Waals surface area contributed by atoms with E-state index < -0.39 is 12.2 Å². The Morgan fingerprint density at radius 1 is 1.16 bits per heavy atom. The maximum absolute atomic E-state index is 12.2. The van der Waals surface area contributed by atoms with Crippen LogP contribution in [0.15, 0.2) is 66.8 Å². The summed E-state index contributed by atoms with van der Waals surface area (Å²) in [5.41, 5.74) is 0.718. The molecule has 0 fully saturated rings. The molecule has 1 amide bonds. The molecule has 0 bridgehead atoms. The molecule has 1 aromatic carbocycles. The smallest absolute Gasteiger partial charge is 0.411 e. The predicted octanol–water partition coefficient (Wildman–Crippen LogP) is 6.22. The highest BCUT2D eigenvalue weighted by molar-refractivity contribution is 5.95. The first kappa shape index (κ1) is 25.6. The molecule has 2 N–H and O–H groups in total. The van der Waals surface area contributed by atoms with Gasteiger partial charge in [-0.15, -0.1) is 0 Å². The van der Waals surface area contributed by atoms with E-state index in [0.717, 1.165) is 50.6 Å².